The number of rotatable bonds is 7. The third-order valence-corrected chi connectivity index (χ3v) is 8.33. The molecule has 0 bridgehead atoms. The zero-order valence-corrected chi connectivity index (χ0v) is 21.9. The summed E-state index contributed by atoms with van der Waals surface area (Å²) in [5, 5.41) is 3.52. The molecule has 4 aromatic rings. The van der Waals surface area contributed by atoms with E-state index in [4.69, 9.17) is 4.74 Å². The largest absolute Gasteiger partial charge is 0.449 e. The predicted octanol–water partition coefficient (Wildman–Crippen LogP) is 7.15. The Morgan fingerprint density at radius 3 is 2.42 bits per heavy atom. The van der Waals surface area contributed by atoms with Crippen LogP contribution in [0, 0.1) is 6.92 Å². The summed E-state index contributed by atoms with van der Waals surface area (Å²) < 4.78 is 6.55. The van der Waals surface area contributed by atoms with Crippen LogP contribution in [0.3, 0.4) is 0 Å². The lowest BCUT2D eigenvalue weighted by Gasteiger charge is -2.17. The van der Waals surface area contributed by atoms with Gasteiger partial charge in [0.1, 0.15) is 11.6 Å². The zero-order chi connectivity index (χ0) is 25.1. The zero-order valence-electron chi connectivity index (χ0n) is 19.5. The molecule has 0 saturated heterocycles. The molecule has 1 N–H and O–H groups in total. The summed E-state index contributed by atoms with van der Waals surface area (Å²) >= 11 is 5.03. The smallest absolute Gasteiger partial charge is 0.407 e. The third kappa shape index (κ3) is 4.81. The fraction of sp³-hybridized carbons (Fsp3) is 0.138. The highest BCUT2D eigenvalue weighted by molar-refractivity contribution is 9.10. The van der Waals surface area contributed by atoms with Crippen LogP contribution in [-0.2, 0) is 11.3 Å². The number of carbonyl (C=O) groups is 2. The van der Waals surface area contributed by atoms with Gasteiger partial charge in [0.15, 0.2) is 6.29 Å². The van der Waals surface area contributed by atoms with Gasteiger partial charge in [-0.25, -0.2) is 9.78 Å². The van der Waals surface area contributed by atoms with Gasteiger partial charge in [-0.3, -0.25) is 4.79 Å². The van der Waals surface area contributed by atoms with Gasteiger partial charge in [0.2, 0.25) is 0 Å². The number of nitrogens with one attached hydrogen (secondary N) is 1. The minimum atomic E-state index is -0.479. The van der Waals surface area contributed by atoms with E-state index >= 15 is 0 Å². The second-order valence-corrected chi connectivity index (χ2v) is 10.3. The number of aryl methyl sites for hydroxylation is 1. The molecule has 1 aliphatic rings. The van der Waals surface area contributed by atoms with Gasteiger partial charge in [0, 0.05) is 33.6 Å². The number of pyridine rings is 1. The first-order valence-corrected chi connectivity index (χ1v) is 13.1. The molecule has 0 spiro atoms. The van der Waals surface area contributed by atoms with Crippen LogP contribution in [0.2, 0.25) is 0 Å². The number of amides is 1. The standard InChI is InChI=1S/C29H23BrN2O3S/c1-18-12-13-26(30)24(27(18)36-28-19(16-33)7-6-14-31-28)15-32-29(34)35-17-25-22-10-4-2-8-20(22)21-9-3-5-11-23(21)25/h2-14,16,25H,15,17H2,1H3,(H,32,34). The van der Waals surface area contributed by atoms with E-state index in [-0.39, 0.29) is 19.1 Å². The molecule has 5 rings (SSSR count). The van der Waals surface area contributed by atoms with Gasteiger partial charge < -0.3 is 10.1 Å². The summed E-state index contributed by atoms with van der Waals surface area (Å²) in [6.45, 7) is 2.52. The Morgan fingerprint density at radius 2 is 1.72 bits per heavy atom. The molecule has 1 amide bonds. The van der Waals surface area contributed by atoms with Crippen molar-refractivity contribution in [3.05, 3.63) is 111 Å². The van der Waals surface area contributed by atoms with Crippen molar-refractivity contribution in [3.63, 3.8) is 0 Å². The molecule has 0 unspecified atom stereocenters. The number of carbonyl (C=O) groups excluding carboxylic acids is 2. The normalized spacial score (nSPS) is 12.1. The van der Waals surface area contributed by atoms with E-state index in [0.29, 0.717) is 10.6 Å². The summed E-state index contributed by atoms with van der Waals surface area (Å²) in [6.07, 6.45) is 1.99. The molecular weight excluding hydrogens is 536 g/mol. The second kappa shape index (κ2) is 10.7. The quantitative estimate of drug-likeness (QED) is 0.244. The third-order valence-electron chi connectivity index (χ3n) is 6.28. The maximum atomic E-state index is 12.7. The molecule has 0 atom stereocenters. The van der Waals surface area contributed by atoms with Crippen LogP contribution in [-0.4, -0.2) is 24.0 Å². The number of halogens is 1. The Bertz CT molecular complexity index is 1410. The number of aldehydes is 1. The summed E-state index contributed by atoms with van der Waals surface area (Å²) in [7, 11) is 0. The minimum Gasteiger partial charge on any atom is -0.449 e. The van der Waals surface area contributed by atoms with Crippen molar-refractivity contribution < 1.29 is 14.3 Å². The van der Waals surface area contributed by atoms with Gasteiger partial charge in [0.25, 0.3) is 0 Å². The molecule has 0 aliphatic heterocycles. The van der Waals surface area contributed by atoms with Crippen LogP contribution in [0.25, 0.3) is 11.1 Å². The Kier molecular flexibility index (Phi) is 7.20. The average Bonchev–Trinajstić information content (AvgIpc) is 3.23. The lowest BCUT2D eigenvalue weighted by atomic mass is 9.98. The first kappa shape index (κ1) is 24.3. The topological polar surface area (TPSA) is 68.3 Å². The Labute approximate surface area is 222 Å². The average molecular weight is 559 g/mol. The number of ether oxygens (including phenoxy) is 1. The second-order valence-electron chi connectivity index (χ2n) is 8.47. The Balaban J connectivity index is 1.29. The minimum absolute atomic E-state index is 0.00545. The lowest BCUT2D eigenvalue weighted by molar-refractivity contribution is 0.112. The van der Waals surface area contributed by atoms with Crippen LogP contribution >= 0.6 is 27.7 Å². The molecule has 3 aromatic carbocycles. The van der Waals surface area contributed by atoms with E-state index in [2.05, 4.69) is 50.5 Å². The van der Waals surface area contributed by atoms with Crippen molar-refractivity contribution in [2.75, 3.05) is 6.61 Å². The van der Waals surface area contributed by atoms with E-state index < -0.39 is 6.09 Å². The monoisotopic (exact) mass is 558 g/mol. The number of benzene rings is 3. The van der Waals surface area contributed by atoms with Gasteiger partial charge in [-0.2, -0.15) is 0 Å². The van der Waals surface area contributed by atoms with Gasteiger partial charge in [0.05, 0.1) is 0 Å². The van der Waals surface area contributed by atoms with Crippen molar-refractivity contribution in [3.8, 4) is 11.1 Å². The van der Waals surface area contributed by atoms with Gasteiger partial charge in [-0.05, 0) is 58.5 Å². The molecule has 36 heavy (non-hydrogen) atoms. The molecule has 1 aromatic heterocycles. The lowest BCUT2D eigenvalue weighted by Crippen LogP contribution is -2.26. The van der Waals surface area contributed by atoms with E-state index in [1.807, 2.05) is 43.3 Å². The first-order chi connectivity index (χ1) is 17.6. The van der Waals surface area contributed by atoms with Gasteiger partial charge in [-0.15, -0.1) is 0 Å². The van der Waals surface area contributed by atoms with Crippen LogP contribution in [0.15, 0.2) is 93.4 Å². The van der Waals surface area contributed by atoms with Gasteiger partial charge >= 0.3 is 6.09 Å². The maximum absolute atomic E-state index is 12.7. The maximum Gasteiger partial charge on any atom is 0.407 e. The van der Waals surface area contributed by atoms with Crippen LogP contribution in [0.4, 0.5) is 4.79 Å². The number of fused-ring (bicyclic) bond motifs is 3. The molecule has 0 fully saturated rings. The number of hydrogen-bond acceptors (Lipinski definition) is 5. The van der Waals surface area contributed by atoms with E-state index in [9.17, 15) is 9.59 Å². The number of aromatic nitrogens is 1. The first-order valence-electron chi connectivity index (χ1n) is 11.5. The molecule has 1 heterocycles. The highest BCUT2D eigenvalue weighted by Crippen LogP contribution is 2.44. The van der Waals surface area contributed by atoms with Crippen LogP contribution in [0.1, 0.15) is 38.5 Å². The molecular formula is C29H23BrN2O3S. The number of hydrogen-bond donors (Lipinski definition) is 1. The molecule has 180 valence electrons. The molecule has 1 aliphatic carbocycles. The van der Waals surface area contributed by atoms with Crippen LogP contribution < -0.4 is 5.32 Å². The summed E-state index contributed by atoms with van der Waals surface area (Å²) in [4.78, 5) is 29.5. The number of nitrogens with zero attached hydrogens (tertiary/aromatic N) is 1. The highest BCUT2D eigenvalue weighted by atomic mass is 79.9. The van der Waals surface area contributed by atoms with Crippen molar-refractivity contribution in [2.24, 2.45) is 0 Å². The van der Waals surface area contributed by atoms with Gasteiger partial charge in [-0.1, -0.05) is 82.3 Å². The fourth-order valence-electron chi connectivity index (χ4n) is 4.51. The Morgan fingerprint density at radius 1 is 1.03 bits per heavy atom. The molecule has 7 heteroatoms. The van der Waals surface area contributed by atoms with E-state index in [1.165, 1.54) is 34.0 Å². The number of alkyl carbamates (subject to hydrolysis) is 1. The molecule has 0 saturated carbocycles. The predicted molar refractivity (Wildman–Crippen MR) is 145 cm³/mol. The summed E-state index contributed by atoms with van der Waals surface area (Å²) in [5.41, 5.74) is 7.18. The van der Waals surface area contributed by atoms with Crippen molar-refractivity contribution in [2.45, 2.75) is 29.3 Å². The van der Waals surface area contributed by atoms with Crippen molar-refractivity contribution in [1.29, 1.82) is 0 Å². The fourth-order valence-corrected chi connectivity index (χ4v) is 6.19. The highest BCUT2D eigenvalue weighted by Gasteiger charge is 2.29. The SMILES string of the molecule is Cc1ccc(Br)c(CNC(=O)OCC2c3ccccc3-c3ccccc32)c1Sc1ncccc1C=O. The van der Waals surface area contributed by atoms with E-state index in [0.717, 1.165) is 26.8 Å². The van der Waals surface area contributed by atoms with E-state index in [1.54, 1.807) is 18.3 Å². The Hall–Kier alpha value is -3.42. The summed E-state index contributed by atoms with van der Waals surface area (Å²) in [5.74, 6) is 0.00545. The van der Waals surface area contributed by atoms with Crippen molar-refractivity contribution >= 4 is 40.1 Å². The summed E-state index contributed by atoms with van der Waals surface area (Å²) in [6, 6.07) is 23.9. The van der Waals surface area contributed by atoms with Crippen molar-refractivity contribution in [1.82, 2.24) is 10.3 Å². The molecule has 0 radical (unpaired) electrons. The van der Waals surface area contributed by atoms with Crippen LogP contribution in [0.5, 0.6) is 0 Å². The molecule has 5 nitrogen and oxygen atoms in total.